The van der Waals surface area contributed by atoms with Gasteiger partial charge in [-0.15, -0.1) is 0 Å². The van der Waals surface area contributed by atoms with Crippen LogP contribution in [-0.2, 0) is 29.0 Å². The van der Waals surface area contributed by atoms with Crippen LogP contribution in [0.1, 0.15) is 31.9 Å². The second kappa shape index (κ2) is 5.17. The summed E-state index contributed by atoms with van der Waals surface area (Å²) in [7, 11) is 0.917. The third kappa shape index (κ3) is 2.85. The number of hydrogen-bond acceptors (Lipinski definition) is 2. The molecule has 0 fully saturated rings. The van der Waals surface area contributed by atoms with Crippen molar-refractivity contribution < 1.29 is 4.21 Å². The van der Waals surface area contributed by atoms with E-state index in [1.165, 1.54) is 5.56 Å². The van der Waals surface area contributed by atoms with Crippen LogP contribution in [-0.4, -0.2) is 15.0 Å². The number of nitrogens with zero attached hydrogens (tertiary/aromatic N) is 1. The lowest BCUT2D eigenvalue weighted by Gasteiger charge is -2.20. The molecule has 2 rings (SSSR count). The maximum absolute atomic E-state index is 12.4. The minimum atomic E-state index is -1.01. The molecule has 0 radical (unpaired) electrons. The molecular weight excluding hydrogens is 270 g/mol. The molecule has 1 unspecified atom stereocenters. The molecule has 108 valence electrons. The van der Waals surface area contributed by atoms with E-state index in [4.69, 9.17) is 0 Å². The van der Waals surface area contributed by atoms with Gasteiger partial charge in [-0.3, -0.25) is 9.00 Å². The first-order valence-corrected chi connectivity index (χ1v) is 8.35. The Kier molecular flexibility index (Phi) is 3.87. The Labute approximate surface area is 122 Å². The average Bonchev–Trinajstić information content (AvgIpc) is 2.33. The average molecular weight is 291 g/mol. The van der Waals surface area contributed by atoms with Crippen molar-refractivity contribution in [3.63, 3.8) is 0 Å². The van der Waals surface area contributed by atoms with Crippen molar-refractivity contribution in [1.82, 2.24) is 4.57 Å². The lowest BCUT2D eigenvalue weighted by molar-refractivity contribution is 0.590. The molecule has 1 aromatic carbocycles. The second-order valence-corrected chi connectivity index (χ2v) is 7.73. The Morgan fingerprint density at radius 3 is 2.45 bits per heavy atom. The first-order chi connectivity index (χ1) is 9.20. The second-order valence-electron chi connectivity index (χ2n) is 6.29. The molecule has 20 heavy (non-hydrogen) atoms. The van der Waals surface area contributed by atoms with Gasteiger partial charge in [-0.25, -0.2) is 0 Å². The molecule has 0 saturated heterocycles. The summed E-state index contributed by atoms with van der Waals surface area (Å²) >= 11 is 0. The molecule has 0 bridgehead atoms. The quantitative estimate of drug-likeness (QED) is 0.853. The Balaban J connectivity index is 2.72. The van der Waals surface area contributed by atoms with Crippen LogP contribution in [0.5, 0.6) is 0 Å². The van der Waals surface area contributed by atoms with Crippen LogP contribution in [0.15, 0.2) is 29.2 Å². The molecular formula is C16H21NO2S. The fraction of sp³-hybridized carbons (Fsp3) is 0.438. The van der Waals surface area contributed by atoms with E-state index >= 15 is 0 Å². The van der Waals surface area contributed by atoms with Crippen molar-refractivity contribution in [2.45, 2.75) is 31.9 Å². The highest BCUT2D eigenvalue weighted by Crippen LogP contribution is 2.25. The van der Waals surface area contributed by atoms with Gasteiger partial charge in [-0.2, -0.15) is 0 Å². The molecule has 0 aliphatic rings. The number of aryl methyl sites for hydroxylation is 1. The Morgan fingerprint density at radius 1 is 1.25 bits per heavy atom. The number of pyridine rings is 1. The summed E-state index contributed by atoms with van der Waals surface area (Å²) in [5.74, 6) is 0.309. The van der Waals surface area contributed by atoms with Crippen molar-refractivity contribution in [3.05, 3.63) is 45.7 Å². The van der Waals surface area contributed by atoms with Gasteiger partial charge in [0.2, 0.25) is 0 Å². The van der Waals surface area contributed by atoms with E-state index in [0.29, 0.717) is 16.7 Å². The predicted molar refractivity (Wildman–Crippen MR) is 85.7 cm³/mol. The van der Waals surface area contributed by atoms with Crippen LogP contribution in [0.2, 0.25) is 0 Å². The van der Waals surface area contributed by atoms with Gasteiger partial charge in [-0.05, 0) is 23.1 Å². The summed E-state index contributed by atoms with van der Waals surface area (Å²) in [5.41, 5.74) is 2.78. The van der Waals surface area contributed by atoms with Gasteiger partial charge >= 0.3 is 0 Å². The van der Waals surface area contributed by atoms with Gasteiger partial charge in [0.15, 0.2) is 5.43 Å². The standard InChI is InChI=1S/C16H21NO2S/c1-16(2,3)12-6-7-13-14(8-12)17(4)9-11(15(13)18)10-20(5)19/h6-9H,10H2,1-5H3. The van der Waals surface area contributed by atoms with Crippen LogP contribution in [0, 0.1) is 0 Å². The Hall–Kier alpha value is -1.42. The third-order valence-corrected chi connectivity index (χ3v) is 4.21. The molecule has 1 aromatic heterocycles. The van der Waals surface area contributed by atoms with E-state index in [9.17, 15) is 9.00 Å². The van der Waals surface area contributed by atoms with Crippen LogP contribution < -0.4 is 5.43 Å². The molecule has 3 nitrogen and oxygen atoms in total. The van der Waals surface area contributed by atoms with E-state index in [-0.39, 0.29) is 10.8 Å². The summed E-state index contributed by atoms with van der Waals surface area (Å²) < 4.78 is 13.3. The highest BCUT2D eigenvalue weighted by molar-refractivity contribution is 7.83. The SMILES string of the molecule is Cn1cc(CS(C)=O)c(=O)c2ccc(C(C)(C)C)cc21. The van der Waals surface area contributed by atoms with Crippen LogP contribution >= 0.6 is 0 Å². The molecule has 4 heteroatoms. The van der Waals surface area contributed by atoms with E-state index < -0.39 is 10.8 Å². The lowest BCUT2D eigenvalue weighted by atomic mass is 9.86. The predicted octanol–water partition coefficient (Wildman–Crippen LogP) is 2.71. The van der Waals surface area contributed by atoms with Crippen molar-refractivity contribution in [3.8, 4) is 0 Å². The molecule has 0 saturated carbocycles. The zero-order valence-electron chi connectivity index (χ0n) is 12.7. The minimum Gasteiger partial charge on any atom is -0.350 e. The monoisotopic (exact) mass is 291 g/mol. The first kappa shape index (κ1) is 15.0. The smallest absolute Gasteiger partial charge is 0.193 e. The molecule has 0 N–H and O–H groups in total. The maximum atomic E-state index is 12.4. The first-order valence-electron chi connectivity index (χ1n) is 6.63. The fourth-order valence-corrected chi connectivity index (χ4v) is 2.98. The number of fused-ring (bicyclic) bond motifs is 1. The van der Waals surface area contributed by atoms with Gasteiger partial charge in [0.25, 0.3) is 0 Å². The van der Waals surface area contributed by atoms with Gasteiger partial charge in [-0.1, -0.05) is 26.8 Å². The molecule has 0 aliphatic carbocycles. The van der Waals surface area contributed by atoms with Crippen molar-refractivity contribution in [2.24, 2.45) is 7.05 Å². The summed E-state index contributed by atoms with van der Waals surface area (Å²) in [4.78, 5) is 12.4. The van der Waals surface area contributed by atoms with Crippen molar-refractivity contribution >= 4 is 21.7 Å². The van der Waals surface area contributed by atoms with E-state index in [2.05, 4.69) is 26.8 Å². The Bertz CT molecular complexity index is 738. The molecule has 0 spiro atoms. The molecule has 0 aliphatic heterocycles. The number of aromatic nitrogens is 1. The van der Waals surface area contributed by atoms with Crippen LogP contribution in [0.3, 0.4) is 0 Å². The molecule has 1 atom stereocenters. The zero-order valence-corrected chi connectivity index (χ0v) is 13.5. The van der Waals surface area contributed by atoms with Crippen LogP contribution in [0.25, 0.3) is 10.9 Å². The van der Waals surface area contributed by atoms with E-state index in [1.807, 2.05) is 23.7 Å². The van der Waals surface area contributed by atoms with Gasteiger partial charge in [0, 0.05) is 41.2 Å². The van der Waals surface area contributed by atoms with E-state index in [0.717, 1.165) is 5.52 Å². The van der Waals surface area contributed by atoms with Gasteiger partial charge in [0.05, 0.1) is 11.3 Å². The number of hydrogen-bond donors (Lipinski definition) is 0. The van der Waals surface area contributed by atoms with E-state index in [1.54, 1.807) is 12.5 Å². The Morgan fingerprint density at radius 2 is 1.90 bits per heavy atom. The van der Waals surface area contributed by atoms with Gasteiger partial charge in [0.1, 0.15) is 0 Å². The number of rotatable bonds is 2. The maximum Gasteiger partial charge on any atom is 0.193 e. The van der Waals surface area contributed by atoms with Crippen LogP contribution in [0.4, 0.5) is 0 Å². The lowest BCUT2D eigenvalue weighted by Crippen LogP contribution is -2.17. The highest BCUT2D eigenvalue weighted by atomic mass is 32.2. The topological polar surface area (TPSA) is 39.1 Å². The summed E-state index contributed by atoms with van der Waals surface area (Å²) in [5, 5.41) is 0.698. The summed E-state index contributed by atoms with van der Waals surface area (Å²) in [6.07, 6.45) is 3.42. The zero-order chi connectivity index (χ0) is 15.1. The molecule has 2 aromatic rings. The third-order valence-electron chi connectivity index (χ3n) is 3.49. The fourth-order valence-electron chi connectivity index (χ4n) is 2.34. The summed E-state index contributed by atoms with van der Waals surface area (Å²) in [6, 6.07) is 5.97. The highest BCUT2D eigenvalue weighted by Gasteiger charge is 2.16. The number of benzene rings is 1. The van der Waals surface area contributed by atoms with Gasteiger partial charge < -0.3 is 4.57 Å². The molecule has 0 amide bonds. The summed E-state index contributed by atoms with van der Waals surface area (Å²) in [6.45, 7) is 6.46. The van der Waals surface area contributed by atoms with Crippen molar-refractivity contribution in [2.75, 3.05) is 6.26 Å². The minimum absolute atomic E-state index is 0.00578. The normalized spacial score (nSPS) is 13.7. The molecule has 1 heterocycles. The van der Waals surface area contributed by atoms with Crippen molar-refractivity contribution in [1.29, 1.82) is 0 Å². The largest absolute Gasteiger partial charge is 0.350 e.